The van der Waals surface area contributed by atoms with E-state index in [2.05, 4.69) is 10.2 Å². The molecule has 0 unspecified atom stereocenters. The van der Waals surface area contributed by atoms with E-state index in [4.69, 9.17) is 4.74 Å². The lowest BCUT2D eigenvalue weighted by atomic mass is 9.90. The minimum absolute atomic E-state index is 0.230. The average molecular weight is 273 g/mol. The van der Waals surface area contributed by atoms with Crippen LogP contribution in [0.5, 0.6) is 5.75 Å². The van der Waals surface area contributed by atoms with Crippen molar-refractivity contribution >= 4 is 17.5 Å². The van der Waals surface area contributed by atoms with E-state index in [9.17, 15) is 9.59 Å². The fraction of sp³-hybridized carbons (Fsp3) is 0.429. The van der Waals surface area contributed by atoms with Gasteiger partial charge in [0.15, 0.2) is 5.54 Å². The van der Waals surface area contributed by atoms with Crippen molar-refractivity contribution in [1.82, 2.24) is 0 Å². The number of rotatable bonds is 3. The Bertz CT molecular complexity index is 596. The van der Waals surface area contributed by atoms with Gasteiger partial charge in [0, 0.05) is 0 Å². The van der Waals surface area contributed by atoms with Gasteiger partial charge >= 0.3 is 0 Å². The second-order valence-electron chi connectivity index (χ2n) is 5.03. The number of hydrogen-bond donors (Lipinski definition) is 0. The Morgan fingerprint density at radius 2 is 2.05 bits per heavy atom. The van der Waals surface area contributed by atoms with Crippen molar-refractivity contribution < 1.29 is 14.3 Å². The van der Waals surface area contributed by atoms with Crippen LogP contribution in [-0.4, -0.2) is 30.5 Å². The Hall–Kier alpha value is -2.24. The molecule has 0 bridgehead atoms. The minimum atomic E-state index is -1.03. The largest absolute Gasteiger partial charge is 0.494 e. The molecule has 6 heteroatoms. The van der Waals surface area contributed by atoms with Gasteiger partial charge in [-0.05, 0) is 38.1 Å². The van der Waals surface area contributed by atoms with Crippen molar-refractivity contribution in [2.75, 3.05) is 18.1 Å². The predicted octanol–water partition coefficient (Wildman–Crippen LogP) is 1.80. The smallest absolute Gasteiger partial charge is 0.264 e. The number of ether oxygens (including phenoxy) is 1. The number of benzene rings is 1. The van der Waals surface area contributed by atoms with E-state index >= 15 is 0 Å². The summed E-state index contributed by atoms with van der Waals surface area (Å²) in [7, 11) is 0. The number of hydrogen-bond acceptors (Lipinski definition) is 5. The number of azo groups is 1. The molecule has 1 fully saturated rings. The highest BCUT2D eigenvalue weighted by Gasteiger charge is 2.59. The van der Waals surface area contributed by atoms with Crippen LogP contribution in [0.2, 0.25) is 0 Å². The maximum absolute atomic E-state index is 12.5. The van der Waals surface area contributed by atoms with Gasteiger partial charge in [-0.1, -0.05) is 0 Å². The van der Waals surface area contributed by atoms with E-state index in [1.165, 1.54) is 4.90 Å². The van der Waals surface area contributed by atoms with E-state index in [1.807, 2.05) is 6.92 Å². The molecule has 1 aromatic carbocycles. The van der Waals surface area contributed by atoms with E-state index in [1.54, 1.807) is 31.2 Å². The first kappa shape index (κ1) is 12.8. The van der Waals surface area contributed by atoms with Gasteiger partial charge in [-0.25, -0.2) is 4.90 Å². The van der Waals surface area contributed by atoms with E-state index in [0.717, 1.165) is 0 Å². The molecule has 20 heavy (non-hydrogen) atoms. The van der Waals surface area contributed by atoms with Gasteiger partial charge in [-0.15, -0.1) is 0 Å². The molecule has 2 aliphatic rings. The third-order valence-corrected chi connectivity index (χ3v) is 3.78. The quantitative estimate of drug-likeness (QED) is 0.788. The number of carbonyl (C=O) groups is 2. The number of nitrogens with zero attached hydrogens (tertiary/aromatic N) is 3. The highest BCUT2D eigenvalue weighted by atomic mass is 16.5. The second-order valence-corrected chi connectivity index (χ2v) is 5.03. The summed E-state index contributed by atoms with van der Waals surface area (Å²) in [6.45, 7) is 4.42. The second kappa shape index (κ2) is 4.40. The number of fused-ring (bicyclic) bond motifs is 1. The first-order valence-electron chi connectivity index (χ1n) is 6.58. The molecule has 0 radical (unpaired) electrons. The van der Waals surface area contributed by atoms with Crippen LogP contribution in [0.1, 0.15) is 13.8 Å². The molecule has 1 aromatic rings. The summed E-state index contributed by atoms with van der Waals surface area (Å²) < 4.78 is 5.35. The molecule has 0 spiro atoms. The molecule has 0 aromatic heterocycles. The van der Waals surface area contributed by atoms with Gasteiger partial charge in [0.1, 0.15) is 5.75 Å². The van der Waals surface area contributed by atoms with Gasteiger partial charge in [0.2, 0.25) is 5.91 Å². The number of amides is 2. The number of anilines is 1. The van der Waals surface area contributed by atoms with Gasteiger partial charge in [-0.2, -0.15) is 10.2 Å². The first-order chi connectivity index (χ1) is 9.58. The van der Waals surface area contributed by atoms with Crippen molar-refractivity contribution in [3.05, 3.63) is 24.3 Å². The molecule has 2 aliphatic heterocycles. The third kappa shape index (κ3) is 1.64. The summed E-state index contributed by atoms with van der Waals surface area (Å²) in [5.41, 5.74) is -0.482. The van der Waals surface area contributed by atoms with Crippen molar-refractivity contribution in [2.24, 2.45) is 16.1 Å². The highest BCUT2D eigenvalue weighted by molar-refractivity contribution is 6.25. The van der Waals surface area contributed by atoms with Crippen LogP contribution in [0.25, 0.3) is 0 Å². The van der Waals surface area contributed by atoms with Gasteiger partial charge in [0.05, 0.1) is 24.8 Å². The van der Waals surface area contributed by atoms with Crippen molar-refractivity contribution in [1.29, 1.82) is 0 Å². The Kier molecular flexibility index (Phi) is 2.81. The lowest BCUT2D eigenvalue weighted by Gasteiger charge is -2.17. The summed E-state index contributed by atoms with van der Waals surface area (Å²) in [4.78, 5) is 26.0. The molecule has 2 amide bonds. The summed E-state index contributed by atoms with van der Waals surface area (Å²) in [5, 5.41) is 7.82. The van der Waals surface area contributed by atoms with Crippen LogP contribution >= 0.6 is 0 Å². The average Bonchev–Trinajstić information content (AvgIpc) is 2.91. The summed E-state index contributed by atoms with van der Waals surface area (Å²) in [6.07, 6.45) is 0. The Morgan fingerprint density at radius 1 is 1.35 bits per heavy atom. The Morgan fingerprint density at radius 3 is 2.65 bits per heavy atom. The fourth-order valence-corrected chi connectivity index (χ4v) is 2.61. The van der Waals surface area contributed by atoms with Gasteiger partial charge in [-0.3, -0.25) is 9.59 Å². The molecular formula is C14H15N3O3. The molecule has 0 N–H and O–H groups in total. The van der Waals surface area contributed by atoms with E-state index in [-0.39, 0.29) is 18.4 Å². The molecule has 0 aliphatic carbocycles. The Balaban J connectivity index is 1.93. The maximum atomic E-state index is 12.5. The lowest BCUT2D eigenvalue weighted by molar-refractivity contribution is -0.122. The molecule has 1 saturated heterocycles. The van der Waals surface area contributed by atoms with Crippen LogP contribution in [0.3, 0.4) is 0 Å². The Labute approximate surface area is 116 Å². The van der Waals surface area contributed by atoms with E-state index in [0.29, 0.717) is 18.0 Å². The monoisotopic (exact) mass is 273 g/mol. The van der Waals surface area contributed by atoms with Crippen LogP contribution in [-0.2, 0) is 9.59 Å². The zero-order valence-corrected chi connectivity index (χ0v) is 11.4. The van der Waals surface area contributed by atoms with Crippen molar-refractivity contribution in [3.8, 4) is 5.75 Å². The third-order valence-electron chi connectivity index (χ3n) is 3.78. The summed E-state index contributed by atoms with van der Waals surface area (Å²) in [5.74, 6) is -0.299. The molecule has 2 atom stereocenters. The zero-order chi connectivity index (χ0) is 14.3. The SMILES string of the molecule is CCOc1ccc(N2C(=O)[C@@H]3CN=N[C@@]3(C)C2=O)cc1. The van der Waals surface area contributed by atoms with Crippen molar-refractivity contribution in [2.45, 2.75) is 19.4 Å². The van der Waals surface area contributed by atoms with Crippen LogP contribution in [0, 0.1) is 5.92 Å². The summed E-state index contributed by atoms with van der Waals surface area (Å²) in [6, 6.07) is 6.92. The normalized spacial score (nSPS) is 28.1. The van der Waals surface area contributed by atoms with E-state index < -0.39 is 11.5 Å². The first-order valence-corrected chi connectivity index (χ1v) is 6.58. The van der Waals surface area contributed by atoms with Gasteiger partial charge in [0.25, 0.3) is 5.91 Å². The topological polar surface area (TPSA) is 71.3 Å². The fourth-order valence-electron chi connectivity index (χ4n) is 2.61. The molecule has 2 heterocycles. The number of imide groups is 1. The lowest BCUT2D eigenvalue weighted by Crippen LogP contribution is -2.37. The summed E-state index contributed by atoms with van der Waals surface area (Å²) >= 11 is 0. The van der Waals surface area contributed by atoms with Crippen molar-refractivity contribution in [3.63, 3.8) is 0 Å². The molecule has 0 saturated carbocycles. The number of carbonyl (C=O) groups excluding carboxylic acids is 2. The maximum Gasteiger partial charge on any atom is 0.264 e. The highest BCUT2D eigenvalue weighted by Crippen LogP contribution is 2.40. The molecule has 6 nitrogen and oxygen atoms in total. The molecule has 104 valence electrons. The predicted molar refractivity (Wildman–Crippen MR) is 71.7 cm³/mol. The van der Waals surface area contributed by atoms with Crippen LogP contribution in [0.4, 0.5) is 5.69 Å². The zero-order valence-electron chi connectivity index (χ0n) is 11.4. The van der Waals surface area contributed by atoms with Gasteiger partial charge < -0.3 is 4.74 Å². The minimum Gasteiger partial charge on any atom is -0.494 e. The standard InChI is InChI=1S/C14H15N3O3/c1-3-20-10-6-4-9(5-7-10)17-12(18)11-8-15-16-14(11,2)13(17)19/h4-7,11H,3,8H2,1-2H3/t11-,14+/m0/s1. The molecular weight excluding hydrogens is 258 g/mol. The van der Waals surface area contributed by atoms with Crippen LogP contribution < -0.4 is 9.64 Å². The molecule has 3 rings (SSSR count). The van der Waals surface area contributed by atoms with Crippen LogP contribution in [0.15, 0.2) is 34.5 Å².